The number of halogens is 2. The van der Waals surface area contributed by atoms with Crippen molar-refractivity contribution in [3.05, 3.63) is 155 Å². The third-order valence-corrected chi connectivity index (χ3v) is 8.90. The maximum absolute atomic E-state index is 6.69. The Bertz CT molecular complexity index is 2070. The molecule has 1 heterocycles. The molecule has 0 aliphatic heterocycles. The zero-order valence-electron chi connectivity index (χ0n) is 24.9. The van der Waals surface area contributed by atoms with Gasteiger partial charge in [0.25, 0.3) is 0 Å². The van der Waals surface area contributed by atoms with Crippen LogP contribution in [-0.2, 0) is 5.41 Å². The fourth-order valence-corrected chi connectivity index (χ4v) is 6.96. The highest BCUT2D eigenvalue weighted by Crippen LogP contribution is 2.44. The molecule has 0 bridgehead atoms. The maximum Gasteiger partial charge on any atom is 0.0541 e. The Morgan fingerprint density at radius 1 is 0.614 bits per heavy atom. The average Bonchev–Trinajstić information content (AvgIpc) is 3.35. The summed E-state index contributed by atoms with van der Waals surface area (Å²) < 4.78 is 3.29. The molecule has 2 nitrogen and oxygen atoms in total. The second kappa shape index (κ2) is 11.3. The van der Waals surface area contributed by atoms with Crippen LogP contribution in [-0.4, -0.2) is 4.57 Å². The molecule has 0 aliphatic rings. The van der Waals surface area contributed by atoms with E-state index in [0.717, 1.165) is 32.8 Å². The minimum Gasteiger partial charge on any atom is -0.310 e. The minimum atomic E-state index is 0.00241. The summed E-state index contributed by atoms with van der Waals surface area (Å²) in [5, 5.41) is 3.16. The zero-order valence-corrected chi connectivity index (χ0v) is 27.3. The van der Waals surface area contributed by atoms with Gasteiger partial charge >= 0.3 is 0 Å². The van der Waals surface area contributed by atoms with Gasteiger partial charge in [0.1, 0.15) is 0 Å². The Labute approximate surface area is 272 Å². The highest BCUT2D eigenvalue weighted by molar-refractivity contribution is 9.10. The van der Waals surface area contributed by atoms with E-state index >= 15 is 0 Å². The van der Waals surface area contributed by atoms with Gasteiger partial charge in [-0.1, -0.05) is 127 Å². The zero-order chi connectivity index (χ0) is 30.4. The van der Waals surface area contributed by atoms with Crippen molar-refractivity contribution in [2.45, 2.75) is 26.2 Å². The second-order valence-corrected chi connectivity index (χ2v) is 13.6. The Balaban J connectivity index is 1.50. The number of nitrogens with zero attached hydrogens (tertiary/aromatic N) is 2. The van der Waals surface area contributed by atoms with E-state index in [0.29, 0.717) is 5.02 Å². The molecule has 1 aromatic heterocycles. The summed E-state index contributed by atoms with van der Waals surface area (Å²) in [6.07, 6.45) is 0. The van der Waals surface area contributed by atoms with Gasteiger partial charge in [0.2, 0.25) is 0 Å². The smallest absolute Gasteiger partial charge is 0.0541 e. The van der Waals surface area contributed by atoms with Crippen LogP contribution in [0.2, 0.25) is 5.02 Å². The molecule has 7 rings (SSSR count). The molecule has 0 saturated heterocycles. The second-order valence-electron chi connectivity index (χ2n) is 12.2. The molecule has 0 saturated carbocycles. The van der Waals surface area contributed by atoms with Crippen molar-refractivity contribution in [1.82, 2.24) is 4.57 Å². The summed E-state index contributed by atoms with van der Waals surface area (Å²) in [5.74, 6) is 0. The average molecular weight is 656 g/mol. The van der Waals surface area contributed by atoms with Gasteiger partial charge in [0, 0.05) is 42.9 Å². The van der Waals surface area contributed by atoms with Crippen LogP contribution in [0, 0.1) is 0 Å². The van der Waals surface area contributed by atoms with Crippen LogP contribution < -0.4 is 4.90 Å². The molecular formula is C40H32BrClN2. The first-order valence-electron chi connectivity index (χ1n) is 14.8. The lowest BCUT2D eigenvalue weighted by Gasteiger charge is -2.30. The summed E-state index contributed by atoms with van der Waals surface area (Å²) in [7, 11) is 0. The van der Waals surface area contributed by atoms with Gasteiger partial charge in [-0.05, 0) is 77.2 Å². The van der Waals surface area contributed by atoms with E-state index in [9.17, 15) is 0 Å². The molecule has 7 aromatic rings. The van der Waals surface area contributed by atoms with Crippen molar-refractivity contribution >= 4 is 66.4 Å². The first-order chi connectivity index (χ1) is 21.3. The van der Waals surface area contributed by atoms with Gasteiger partial charge in [0.05, 0.1) is 16.7 Å². The quantitative estimate of drug-likeness (QED) is 0.179. The third kappa shape index (κ3) is 5.21. The van der Waals surface area contributed by atoms with Crippen LogP contribution in [0.3, 0.4) is 0 Å². The van der Waals surface area contributed by atoms with E-state index in [4.69, 9.17) is 11.6 Å². The van der Waals surface area contributed by atoms with Crippen molar-refractivity contribution in [2.24, 2.45) is 0 Å². The van der Waals surface area contributed by atoms with E-state index in [1.54, 1.807) is 0 Å². The lowest BCUT2D eigenvalue weighted by molar-refractivity contribution is 0.590. The Morgan fingerprint density at radius 2 is 1.27 bits per heavy atom. The van der Waals surface area contributed by atoms with Gasteiger partial charge in [-0.15, -0.1) is 0 Å². The Hall–Kier alpha value is -4.31. The molecule has 0 spiro atoms. The van der Waals surface area contributed by atoms with E-state index < -0.39 is 0 Å². The first kappa shape index (κ1) is 28.5. The number of para-hydroxylation sites is 2. The summed E-state index contributed by atoms with van der Waals surface area (Å²) in [6.45, 7) is 6.79. The lowest BCUT2D eigenvalue weighted by Crippen LogP contribution is -2.15. The minimum absolute atomic E-state index is 0.00241. The van der Waals surface area contributed by atoms with Gasteiger partial charge in [-0.3, -0.25) is 0 Å². The predicted molar refractivity (Wildman–Crippen MR) is 192 cm³/mol. The molecule has 0 amide bonds. The molecule has 0 aliphatic carbocycles. The van der Waals surface area contributed by atoms with E-state index in [2.05, 4.69) is 174 Å². The number of hydrogen-bond donors (Lipinski definition) is 0. The monoisotopic (exact) mass is 654 g/mol. The summed E-state index contributed by atoms with van der Waals surface area (Å²) in [5.41, 5.74) is 10.2. The third-order valence-electron chi connectivity index (χ3n) is 8.22. The number of anilines is 3. The molecule has 44 heavy (non-hydrogen) atoms. The van der Waals surface area contributed by atoms with Crippen LogP contribution in [0.15, 0.2) is 144 Å². The number of rotatable bonds is 5. The topological polar surface area (TPSA) is 8.17 Å². The highest BCUT2D eigenvalue weighted by atomic mass is 79.9. The molecule has 0 atom stereocenters. The van der Waals surface area contributed by atoms with Crippen molar-refractivity contribution < 1.29 is 0 Å². The molecular weight excluding hydrogens is 624 g/mol. The molecule has 0 fully saturated rings. The summed E-state index contributed by atoms with van der Waals surface area (Å²) in [6, 6.07) is 49.6. The molecule has 6 aromatic carbocycles. The first-order valence-corrected chi connectivity index (χ1v) is 16.0. The fourth-order valence-electron chi connectivity index (χ4n) is 6.11. The van der Waals surface area contributed by atoms with Gasteiger partial charge < -0.3 is 9.47 Å². The number of aromatic nitrogens is 1. The van der Waals surface area contributed by atoms with Crippen molar-refractivity contribution in [1.29, 1.82) is 0 Å². The van der Waals surface area contributed by atoms with Crippen LogP contribution in [0.4, 0.5) is 17.1 Å². The lowest BCUT2D eigenvalue weighted by atomic mass is 9.84. The Morgan fingerprint density at radius 3 is 1.93 bits per heavy atom. The summed E-state index contributed by atoms with van der Waals surface area (Å²) in [4.78, 5) is 2.32. The van der Waals surface area contributed by atoms with Crippen LogP contribution in [0.1, 0.15) is 26.3 Å². The van der Waals surface area contributed by atoms with Crippen molar-refractivity contribution in [3.8, 4) is 16.8 Å². The SMILES string of the molecule is CC(C)(C)c1ccc(N(c2cc(Cl)cc(Br)c2)c2cccc(-n3c4ccccc4c4ccccc43)c2)c(-c2ccccc2)c1. The van der Waals surface area contributed by atoms with E-state index in [1.165, 1.54) is 32.9 Å². The van der Waals surface area contributed by atoms with Crippen LogP contribution in [0.5, 0.6) is 0 Å². The largest absolute Gasteiger partial charge is 0.310 e. The van der Waals surface area contributed by atoms with Crippen LogP contribution in [0.25, 0.3) is 38.6 Å². The maximum atomic E-state index is 6.69. The number of benzene rings is 6. The molecule has 4 heteroatoms. The number of fused-ring (bicyclic) bond motifs is 3. The molecule has 0 radical (unpaired) electrons. The molecule has 0 unspecified atom stereocenters. The number of hydrogen-bond acceptors (Lipinski definition) is 1. The standard InChI is InChI=1S/C40H32BrClN2/c1-40(2,3)28-20-21-39(36(22-28)27-12-5-4-6-13-27)43(33-24-29(41)23-30(42)25-33)31-14-11-15-32(26-31)44-37-18-9-7-16-34(37)35-17-8-10-19-38(35)44/h4-26H,1-3H3. The van der Waals surface area contributed by atoms with E-state index in [1.807, 2.05) is 12.1 Å². The molecule has 0 N–H and O–H groups in total. The van der Waals surface area contributed by atoms with E-state index in [-0.39, 0.29) is 5.41 Å². The predicted octanol–water partition coefficient (Wildman–Crippen LogP) is 12.6. The van der Waals surface area contributed by atoms with Gasteiger partial charge in [-0.2, -0.15) is 0 Å². The highest BCUT2D eigenvalue weighted by Gasteiger charge is 2.22. The normalized spacial score (nSPS) is 11.8. The Kier molecular flexibility index (Phi) is 7.32. The fraction of sp³-hybridized carbons (Fsp3) is 0.100. The van der Waals surface area contributed by atoms with Crippen molar-refractivity contribution in [2.75, 3.05) is 4.90 Å². The molecule has 216 valence electrons. The van der Waals surface area contributed by atoms with Gasteiger partial charge in [0.15, 0.2) is 0 Å². The summed E-state index contributed by atoms with van der Waals surface area (Å²) >= 11 is 10.4. The van der Waals surface area contributed by atoms with Crippen LogP contribution >= 0.6 is 27.5 Å². The van der Waals surface area contributed by atoms with Gasteiger partial charge in [-0.25, -0.2) is 0 Å². The van der Waals surface area contributed by atoms with Crippen molar-refractivity contribution in [3.63, 3.8) is 0 Å².